The predicted molar refractivity (Wildman–Crippen MR) is 83.5 cm³/mol. The van der Waals surface area contributed by atoms with E-state index in [2.05, 4.69) is 31.0 Å². The lowest BCUT2D eigenvalue weighted by Gasteiger charge is -2.37. The van der Waals surface area contributed by atoms with Gasteiger partial charge in [0.15, 0.2) is 0 Å². The Morgan fingerprint density at radius 2 is 1.74 bits per heavy atom. The summed E-state index contributed by atoms with van der Waals surface area (Å²) in [6.45, 7) is 11.1. The van der Waals surface area contributed by atoms with Gasteiger partial charge in [0, 0.05) is 18.6 Å². The van der Waals surface area contributed by atoms with E-state index in [-0.39, 0.29) is 0 Å². The number of hydrogen-bond donors (Lipinski definition) is 1. The maximum atomic E-state index is 3.77. The first-order valence-electron chi connectivity index (χ1n) is 8.67. The third-order valence-corrected chi connectivity index (χ3v) is 5.47. The summed E-state index contributed by atoms with van der Waals surface area (Å²) < 4.78 is 0. The fourth-order valence-corrected chi connectivity index (χ4v) is 3.90. The highest BCUT2D eigenvalue weighted by Gasteiger charge is 2.25. The van der Waals surface area contributed by atoms with Crippen LogP contribution in [0.5, 0.6) is 0 Å². The van der Waals surface area contributed by atoms with Crippen molar-refractivity contribution in [2.45, 2.75) is 77.8 Å². The lowest BCUT2D eigenvalue weighted by atomic mass is 9.80. The maximum Gasteiger partial charge on any atom is 0.00790 e. The predicted octanol–water partition coefficient (Wildman–Crippen LogP) is 3.67. The van der Waals surface area contributed by atoms with Crippen LogP contribution < -0.4 is 5.32 Å². The molecule has 2 aliphatic rings. The van der Waals surface area contributed by atoms with Gasteiger partial charge in [-0.3, -0.25) is 0 Å². The second kappa shape index (κ2) is 7.64. The summed E-state index contributed by atoms with van der Waals surface area (Å²) >= 11 is 0. The van der Waals surface area contributed by atoms with Crippen LogP contribution in [0, 0.1) is 11.8 Å². The van der Waals surface area contributed by atoms with E-state index in [1.807, 2.05) is 0 Å². The smallest absolute Gasteiger partial charge is 0.00790 e. The molecule has 0 aromatic carbocycles. The van der Waals surface area contributed by atoms with E-state index >= 15 is 0 Å². The van der Waals surface area contributed by atoms with Crippen LogP contribution in [-0.2, 0) is 0 Å². The average Bonchev–Trinajstić information content (AvgIpc) is 2.40. The number of nitrogens with zero attached hydrogens (tertiary/aromatic N) is 1. The molecule has 1 aliphatic heterocycles. The zero-order valence-electron chi connectivity index (χ0n) is 13.3. The Hall–Kier alpha value is -0.0800. The van der Waals surface area contributed by atoms with Crippen molar-refractivity contribution in [3.05, 3.63) is 0 Å². The largest absolute Gasteiger partial charge is 0.311 e. The average molecular weight is 266 g/mol. The lowest BCUT2D eigenvalue weighted by molar-refractivity contribution is 0.140. The van der Waals surface area contributed by atoms with Crippen molar-refractivity contribution >= 4 is 0 Å². The molecule has 1 aliphatic carbocycles. The third-order valence-electron chi connectivity index (χ3n) is 5.47. The summed E-state index contributed by atoms with van der Waals surface area (Å²) in [5.74, 6) is 1.92. The van der Waals surface area contributed by atoms with E-state index in [0.29, 0.717) is 6.04 Å². The normalized spacial score (nSPS) is 38.7. The first kappa shape index (κ1) is 15.3. The molecule has 1 N–H and O–H groups in total. The molecule has 4 unspecified atom stereocenters. The van der Waals surface area contributed by atoms with Crippen molar-refractivity contribution < 1.29 is 0 Å². The monoisotopic (exact) mass is 266 g/mol. The molecule has 0 bridgehead atoms. The van der Waals surface area contributed by atoms with E-state index < -0.39 is 0 Å². The maximum absolute atomic E-state index is 3.77. The Morgan fingerprint density at radius 1 is 1.00 bits per heavy atom. The van der Waals surface area contributed by atoms with Crippen LogP contribution in [0.3, 0.4) is 0 Å². The van der Waals surface area contributed by atoms with Crippen LogP contribution in [-0.4, -0.2) is 36.6 Å². The molecule has 2 fully saturated rings. The molecule has 2 rings (SSSR count). The summed E-state index contributed by atoms with van der Waals surface area (Å²) in [6, 6.07) is 1.43. The molecule has 0 aromatic heterocycles. The summed E-state index contributed by atoms with van der Waals surface area (Å²) in [6.07, 6.45) is 9.81. The van der Waals surface area contributed by atoms with Crippen LogP contribution in [0.4, 0.5) is 0 Å². The van der Waals surface area contributed by atoms with Gasteiger partial charge in [0.2, 0.25) is 0 Å². The molecule has 1 heterocycles. The first-order chi connectivity index (χ1) is 9.19. The minimum atomic E-state index is 0.691. The van der Waals surface area contributed by atoms with Crippen molar-refractivity contribution in [1.29, 1.82) is 0 Å². The Balaban J connectivity index is 1.84. The van der Waals surface area contributed by atoms with Crippen molar-refractivity contribution in [2.75, 3.05) is 19.6 Å². The first-order valence-corrected chi connectivity index (χ1v) is 8.67. The molecular weight excluding hydrogens is 232 g/mol. The highest BCUT2D eigenvalue weighted by molar-refractivity contribution is 4.80. The summed E-state index contributed by atoms with van der Waals surface area (Å²) in [5, 5.41) is 3.77. The molecule has 19 heavy (non-hydrogen) atoms. The van der Waals surface area contributed by atoms with E-state index in [4.69, 9.17) is 0 Å². The van der Waals surface area contributed by atoms with Crippen LogP contribution >= 0.6 is 0 Å². The second-order valence-corrected chi connectivity index (χ2v) is 7.07. The number of rotatable bonds is 3. The fourth-order valence-electron chi connectivity index (χ4n) is 3.90. The van der Waals surface area contributed by atoms with Gasteiger partial charge in [-0.15, -0.1) is 0 Å². The van der Waals surface area contributed by atoms with Gasteiger partial charge in [0.1, 0.15) is 0 Å². The molecule has 112 valence electrons. The Bertz CT molecular complexity index is 254. The van der Waals surface area contributed by atoms with Gasteiger partial charge in [-0.05, 0) is 57.5 Å². The minimum Gasteiger partial charge on any atom is -0.311 e. The van der Waals surface area contributed by atoms with Gasteiger partial charge in [-0.2, -0.15) is 0 Å². The van der Waals surface area contributed by atoms with Crippen molar-refractivity contribution in [1.82, 2.24) is 10.2 Å². The lowest BCUT2D eigenvalue weighted by Crippen LogP contribution is -2.45. The van der Waals surface area contributed by atoms with Crippen molar-refractivity contribution in [2.24, 2.45) is 11.8 Å². The molecule has 1 saturated heterocycles. The Labute approximate surface area is 120 Å². The standard InChI is InChI=1S/C17H34N2/c1-4-17-10-12-19(11-9-15(3)18-17)13-16-8-6-5-7-14(16)2/h14-18H,4-13H2,1-3H3. The van der Waals surface area contributed by atoms with E-state index in [0.717, 1.165) is 17.9 Å². The highest BCUT2D eigenvalue weighted by Crippen LogP contribution is 2.30. The Kier molecular flexibility index (Phi) is 6.15. The van der Waals surface area contributed by atoms with Crippen molar-refractivity contribution in [3.8, 4) is 0 Å². The van der Waals surface area contributed by atoms with Crippen LogP contribution in [0.25, 0.3) is 0 Å². The zero-order chi connectivity index (χ0) is 13.7. The number of nitrogens with one attached hydrogen (secondary N) is 1. The number of hydrogen-bond acceptors (Lipinski definition) is 2. The molecule has 2 nitrogen and oxygen atoms in total. The van der Waals surface area contributed by atoms with Gasteiger partial charge in [-0.25, -0.2) is 0 Å². The minimum absolute atomic E-state index is 0.691. The van der Waals surface area contributed by atoms with E-state index in [9.17, 15) is 0 Å². The van der Waals surface area contributed by atoms with Gasteiger partial charge in [-0.1, -0.05) is 33.1 Å². The van der Waals surface area contributed by atoms with Crippen LogP contribution in [0.2, 0.25) is 0 Å². The quantitative estimate of drug-likeness (QED) is 0.838. The molecule has 0 radical (unpaired) electrons. The van der Waals surface area contributed by atoms with Gasteiger partial charge < -0.3 is 10.2 Å². The molecule has 0 amide bonds. The van der Waals surface area contributed by atoms with Crippen LogP contribution in [0.15, 0.2) is 0 Å². The molecular formula is C17H34N2. The van der Waals surface area contributed by atoms with Gasteiger partial charge in [0.25, 0.3) is 0 Å². The summed E-state index contributed by atoms with van der Waals surface area (Å²) in [5.41, 5.74) is 0. The fraction of sp³-hybridized carbons (Fsp3) is 1.00. The van der Waals surface area contributed by atoms with Crippen molar-refractivity contribution in [3.63, 3.8) is 0 Å². The summed E-state index contributed by atoms with van der Waals surface area (Å²) in [4.78, 5) is 2.77. The van der Waals surface area contributed by atoms with E-state index in [1.54, 1.807) is 0 Å². The molecule has 4 atom stereocenters. The van der Waals surface area contributed by atoms with Crippen LogP contribution in [0.1, 0.15) is 65.7 Å². The SMILES string of the molecule is CCC1CCN(CC2CCCCC2C)CCC(C)N1. The van der Waals surface area contributed by atoms with E-state index in [1.165, 1.54) is 64.6 Å². The highest BCUT2D eigenvalue weighted by atomic mass is 15.1. The summed E-state index contributed by atoms with van der Waals surface area (Å²) in [7, 11) is 0. The molecule has 0 spiro atoms. The third kappa shape index (κ3) is 4.75. The van der Waals surface area contributed by atoms with Gasteiger partial charge in [0.05, 0.1) is 0 Å². The molecule has 0 aromatic rings. The van der Waals surface area contributed by atoms with Gasteiger partial charge >= 0.3 is 0 Å². The second-order valence-electron chi connectivity index (χ2n) is 7.07. The molecule has 2 heteroatoms. The molecule has 1 saturated carbocycles. The zero-order valence-corrected chi connectivity index (χ0v) is 13.3. The Morgan fingerprint density at radius 3 is 2.47 bits per heavy atom. The topological polar surface area (TPSA) is 15.3 Å².